The summed E-state index contributed by atoms with van der Waals surface area (Å²) < 4.78 is 95.2. The van der Waals surface area contributed by atoms with Gasteiger partial charge in [0.2, 0.25) is 0 Å². The van der Waals surface area contributed by atoms with Crippen molar-refractivity contribution in [3.63, 3.8) is 0 Å². The summed E-state index contributed by atoms with van der Waals surface area (Å²) in [5, 5.41) is 25.9. The molecule has 2 aromatic heterocycles. The van der Waals surface area contributed by atoms with Crippen molar-refractivity contribution in [1.29, 1.82) is 0 Å². The summed E-state index contributed by atoms with van der Waals surface area (Å²) >= 11 is 1.81. The number of hydrogen-bond acceptors (Lipinski definition) is 7. The first-order valence-corrected chi connectivity index (χ1v) is 12.9. The number of carboxylic acid groups (broad SMARTS) is 3. The van der Waals surface area contributed by atoms with Gasteiger partial charge in [-0.25, -0.2) is 14.4 Å². The van der Waals surface area contributed by atoms with Gasteiger partial charge in [0.1, 0.15) is 0 Å². The van der Waals surface area contributed by atoms with Crippen molar-refractivity contribution in [3.8, 4) is 0 Å². The van der Waals surface area contributed by atoms with Crippen LogP contribution in [0.5, 0.6) is 0 Å². The van der Waals surface area contributed by atoms with Gasteiger partial charge in [-0.2, -0.15) is 50.9 Å². The fraction of sp³-hybridized carbons (Fsp3) is 0.500. The largest absolute Gasteiger partial charge is 0.490 e. The average Bonchev–Trinajstić information content (AvgIpc) is 3.59. The van der Waals surface area contributed by atoms with Crippen LogP contribution in [0.25, 0.3) is 0 Å². The molecule has 0 bridgehead atoms. The fourth-order valence-corrected chi connectivity index (χ4v) is 4.73. The first-order valence-electron chi connectivity index (χ1n) is 11.9. The number of pyridine rings is 1. The smallest absolute Gasteiger partial charge is 0.475 e. The van der Waals surface area contributed by atoms with Crippen LogP contribution in [0.15, 0.2) is 35.0 Å². The Morgan fingerprint density at radius 3 is 1.56 bits per heavy atom. The molecule has 0 spiro atoms. The summed E-state index contributed by atoms with van der Waals surface area (Å²) in [6.07, 6.45) is -12.6. The molecular weight excluding hydrogens is 629 g/mol. The minimum atomic E-state index is -5.08. The Labute approximate surface area is 242 Å². The highest BCUT2D eigenvalue weighted by atomic mass is 32.1. The van der Waals surface area contributed by atoms with Gasteiger partial charge in [0.15, 0.2) is 0 Å². The number of halogens is 9. The maximum absolute atomic E-state index is 10.6. The monoisotopic (exact) mass is 655 g/mol. The third kappa shape index (κ3) is 13.6. The number of alkyl halides is 9. The van der Waals surface area contributed by atoms with Gasteiger partial charge in [-0.3, -0.25) is 14.8 Å². The molecule has 2 fully saturated rings. The molecule has 2 aromatic rings. The molecule has 2 saturated heterocycles. The molecule has 3 N–H and O–H groups in total. The molecule has 2 atom stereocenters. The highest BCUT2D eigenvalue weighted by Gasteiger charge is 2.42. The lowest BCUT2D eigenvalue weighted by Crippen LogP contribution is -2.36. The number of likely N-dealkylation sites (tertiary alicyclic amines) is 2. The number of aryl methyl sites for hydroxylation is 1. The fourth-order valence-electron chi connectivity index (χ4n) is 4.07. The van der Waals surface area contributed by atoms with Crippen molar-refractivity contribution in [2.24, 2.45) is 0 Å². The Hall–Kier alpha value is -3.45. The predicted octanol–water partition coefficient (Wildman–Crippen LogP) is 5.20. The Morgan fingerprint density at radius 1 is 0.791 bits per heavy atom. The molecule has 4 rings (SSSR count). The quantitative estimate of drug-likeness (QED) is 0.381. The summed E-state index contributed by atoms with van der Waals surface area (Å²) in [4.78, 5) is 36.7. The lowest BCUT2D eigenvalue weighted by Gasteiger charge is -2.25. The zero-order valence-electron chi connectivity index (χ0n) is 22.1. The van der Waals surface area contributed by atoms with Gasteiger partial charge < -0.3 is 15.3 Å². The van der Waals surface area contributed by atoms with Crippen molar-refractivity contribution < 1.29 is 69.2 Å². The van der Waals surface area contributed by atoms with E-state index in [1.807, 2.05) is 0 Å². The summed E-state index contributed by atoms with van der Waals surface area (Å²) in [7, 11) is 0. The van der Waals surface area contributed by atoms with E-state index in [1.54, 1.807) is 11.3 Å². The minimum Gasteiger partial charge on any atom is -0.475 e. The molecular formula is C24H26F9N3O6S. The Balaban J connectivity index is 0.000000363. The maximum Gasteiger partial charge on any atom is 0.490 e. The van der Waals surface area contributed by atoms with Crippen LogP contribution >= 0.6 is 11.3 Å². The summed E-state index contributed by atoms with van der Waals surface area (Å²) in [6, 6.07) is 10.1. The zero-order valence-corrected chi connectivity index (χ0v) is 22.9. The van der Waals surface area contributed by atoms with E-state index in [2.05, 4.69) is 56.7 Å². The van der Waals surface area contributed by atoms with E-state index >= 15 is 0 Å². The van der Waals surface area contributed by atoms with E-state index < -0.39 is 36.4 Å². The van der Waals surface area contributed by atoms with Gasteiger partial charge in [-0.05, 0) is 54.3 Å². The van der Waals surface area contributed by atoms with E-state index in [1.165, 1.54) is 37.2 Å². The average molecular weight is 656 g/mol. The van der Waals surface area contributed by atoms with Crippen LogP contribution in [0.4, 0.5) is 39.5 Å². The first-order chi connectivity index (χ1) is 19.6. The molecule has 0 radical (unpaired) electrons. The predicted molar refractivity (Wildman–Crippen MR) is 132 cm³/mol. The molecule has 4 heterocycles. The number of carbonyl (C=O) groups is 3. The van der Waals surface area contributed by atoms with Crippen molar-refractivity contribution >= 4 is 29.2 Å². The normalized spacial score (nSPS) is 18.7. The molecule has 0 aliphatic carbocycles. The van der Waals surface area contributed by atoms with Gasteiger partial charge in [-0.1, -0.05) is 6.07 Å². The van der Waals surface area contributed by atoms with Crippen LogP contribution in [0.1, 0.15) is 29.8 Å². The molecule has 0 amide bonds. The first kappa shape index (κ1) is 37.6. The molecule has 43 heavy (non-hydrogen) atoms. The van der Waals surface area contributed by atoms with Crippen molar-refractivity contribution in [3.05, 3.63) is 52.0 Å². The maximum atomic E-state index is 10.6. The third-order valence-electron chi connectivity index (χ3n) is 5.81. The van der Waals surface area contributed by atoms with Crippen LogP contribution in [0, 0.1) is 6.92 Å². The number of rotatable bonds is 4. The summed E-state index contributed by atoms with van der Waals surface area (Å²) in [5.41, 5.74) is 3.82. The second kappa shape index (κ2) is 15.9. The lowest BCUT2D eigenvalue weighted by molar-refractivity contribution is -0.193. The van der Waals surface area contributed by atoms with Gasteiger partial charge in [0, 0.05) is 44.0 Å². The SMILES string of the molecule is Cc1cccc(CN2CC[C@@H]3[C@@H]2CCN3Cc2ccsc2)n1.O=C(O)C(F)(F)F.O=C(O)C(F)(F)F.O=C(O)C(F)(F)F. The number of thiophene rings is 1. The van der Waals surface area contributed by atoms with E-state index in [0.29, 0.717) is 0 Å². The van der Waals surface area contributed by atoms with Crippen LogP contribution in [-0.2, 0) is 27.5 Å². The molecule has 242 valence electrons. The Bertz CT molecular complexity index is 1130. The van der Waals surface area contributed by atoms with Gasteiger partial charge >= 0.3 is 36.4 Å². The molecule has 0 aromatic carbocycles. The van der Waals surface area contributed by atoms with Crippen molar-refractivity contribution in [1.82, 2.24) is 14.8 Å². The van der Waals surface area contributed by atoms with Crippen LogP contribution in [-0.4, -0.2) is 91.7 Å². The number of aromatic nitrogens is 1. The van der Waals surface area contributed by atoms with E-state index in [9.17, 15) is 39.5 Å². The van der Waals surface area contributed by atoms with Crippen LogP contribution in [0.3, 0.4) is 0 Å². The van der Waals surface area contributed by atoms with Crippen LogP contribution in [0.2, 0.25) is 0 Å². The zero-order chi connectivity index (χ0) is 33.2. The van der Waals surface area contributed by atoms with Gasteiger partial charge in [0.25, 0.3) is 0 Å². The number of carboxylic acids is 3. The van der Waals surface area contributed by atoms with Gasteiger partial charge in [-0.15, -0.1) is 0 Å². The molecule has 2 aliphatic rings. The Morgan fingerprint density at radius 2 is 1.21 bits per heavy atom. The summed E-state index contributed by atoms with van der Waals surface area (Å²) in [5.74, 6) is -8.27. The second-order valence-corrected chi connectivity index (χ2v) is 9.74. The topological polar surface area (TPSA) is 131 Å². The highest BCUT2D eigenvalue weighted by molar-refractivity contribution is 7.07. The van der Waals surface area contributed by atoms with Gasteiger partial charge in [0.05, 0.1) is 5.69 Å². The van der Waals surface area contributed by atoms with Crippen molar-refractivity contribution in [2.75, 3.05) is 13.1 Å². The van der Waals surface area contributed by atoms with Crippen molar-refractivity contribution in [2.45, 2.75) is 63.5 Å². The lowest BCUT2D eigenvalue weighted by atomic mass is 10.1. The van der Waals surface area contributed by atoms with Crippen LogP contribution < -0.4 is 0 Å². The van der Waals surface area contributed by atoms with E-state index in [-0.39, 0.29) is 0 Å². The minimum absolute atomic E-state index is 0.723. The molecule has 0 unspecified atom stereocenters. The molecule has 0 saturated carbocycles. The molecule has 19 heteroatoms. The molecule has 9 nitrogen and oxygen atoms in total. The second-order valence-electron chi connectivity index (χ2n) is 8.96. The standard InChI is InChI=1S/C18H23N3S.3C2HF3O2/c1-14-3-2-4-16(19-14)12-21-9-6-17-18(21)5-8-20(17)11-15-7-10-22-13-15;3*3-2(4,5)1(6)7/h2-4,7,10,13,17-18H,5-6,8-9,11-12H2,1H3;3*(H,6,7)/t17-,18+;;;/m1.../s1. The van der Waals surface area contributed by atoms with E-state index in [4.69, 9.17) is 29.7 Å². The highest BCUT2D eigenvalue weighted by Crippen LogP contribution is 2.33. The Kier molecular flexibility index (Phi) is 13.9. The van der Waals surface area contributed by atoms with E-state index in [0.717, 1.165) is 30.9 Å². The number of fused-ring (bicyclic) bond motifs is 1. The number of nitrogens with zero attached hydrogens (tertiary/aromatic N) is 3. The number of aliphatic carboxylic acids is 3. The third-order valence-corrected chi connectivity index (χ3v) is 6.54. The number of hydrogen-bond donors (Lipinski definition) is 3. The summed E-state index contributed by atoms with van der Waals surface area (Å²) in [6.45, 7) is 6.67. The molecule has 2 aliphatic heterocycles.